The minimum Gasteiger partial charge on any atom is -0.489 e. The number of allylic oxidation sites excluding steroid dienone is 2. The van der Waals surface area contributed by atoms with Crippen molar-refractivity contribution in [3.05, 3.63) is 58.7 Å². The maximum Gasteiger partial charge on any atom is 0.142 e. The van der Waals surface area contributed by atoms with E-state index < -0.39 is 0 Å². The molecule has 0 N–H and O–H groups in total. The summed E-state index contributed by atoms with van der Waals surface area (Å²) < 4.78 is 5.50. The lowest BCUT2D eigenvalue weighted by Gasteiger charge is -2.19. The molecule has 1 aromatic carbocycles. The lowest BCUT2D eigenvalue weighted by Crippen LogP contribution is -2.32. The van der Waals surface area contributed by atoms with Crippen LogP contribution in [0.4, 0.5) is 0 Å². The van der Waals surface area contributed by atoms with Crippen molar-refractivity contribution >= 4 is 12.2 Å². The first-order valence-electron chi connectivity index (χ1n) is 4.74. The highest BCUT2D eigenvalue weighted by Gasteiger charge is 2.14. The second kappa shape index (κ2) is 2.88. The molecular formula is C13H10O. The Balaban J connectivity index is 2.29. The fraction of sp³-hybridized carbons (Fsp3) is 0.0769. The molecule has 1 aliphatic carbocycles. The van der Waals surface area contributed by atoms with Crippen LogP contribution in [0.1, 0.15) is 0 Å². The molecule has 0 aromatic heterocycles. The van der Waals surface area contributed by atoms with Gasteiger partial charge in [0.1, 0.15) is 6.10 Å². The van der Waals surface area contributed by atoms with Gasteiger partial charge >= 0.3 is 0 Å². The van der Waals surface area contributed by atoms with Gasteiger partial charge < -0.3 is 4.74 Å². The van der Waals surface area contributed by atoms with Gasteiger partial charge in [-0.3, -0.25) is 0 Å². The second-order valence-corrected chi connectivity index (χ2v) is 3.49. The Labute approximate surface area is 82.3 Å². The van der Waals surface area contributed by atoms with Gasteiger partial charge in [0.2, 0.25) is 0 Å². The number of benzene rings is 1. The summed E-state index contributed by atoms with van der Waals surface area (Å²) in [5.41, 5.74) is 1.23. The highest BCUT2D eigenvalue weighted by molar-refractivity contribution is 5.61. The highest BCUT2D eigenvalue weighted by atomic mass is 16.5. The number of hydrogen-bond donors (Lipinski definition) is 0. The Bertz CT molecular complexity index is 535. The Kier molecular flexibility index (Phi) is 1.57. The lowest BCUT2D eigenvalue weighted by molar-refractivity contribution is 0.230. The van der Waals surface area contributed by atoms with E-state index in [-0.39, 0.29) is 6.10 Å². The van der Waals surface area contributed by atoms with Crippen LogP contribution in [0.2, 0.25) is 0 Å². The first kappa shape index (κ1) is 7.63. The number of ether oxygens (including phenoxy) is 1. The van der Waals surface area contributed by atoms with Gasteiger partial charge in [0.15, 0.2) is 0 Å². The van der Waals surface area contributed by atoms with Gasteiger partial charge in [-0.2, -0.15) is 0 Å². The van der Waals surface area contributed by atoms with Crippen molar-refractivity contribution in [3.8, 4) is 0 Å². The zero-order valence-electron chi connectivity index (χ0n) is 7.68. The maximum atomic E-state index is 5.50. The first-order chi connectivity index (χ1) is 6.93. The Hall–Kier alpha value is -1.76. The van der Waals surface area contributed by atoms with Crippen molar-refractivity contribution in [2.24, 2.45) is 0 Å². The van der Waals surface area contributed by atoms with Crippen molar-refractivity contribution in [2.75, 3.05) is 0 Å². The quantitative estimate of drug-likeness (QED) is 0.584. The van der Waals surface area contributed by atoms with Crippen LogP contribution < -0.4 is 10.4 Å². The van der Waals surface area contributed by atoms with E-state index in [2.05, 4.69) is 42.5 Å². The number of hydrogen-bond acceptors (Lipinski definition) is 1. The van der Waals surface area contributed by atoms with Gasteiger partial charge in [0.25, 0.3) is 0 Å². The van der Waals surface area contributed by atoms with E-state index in [1.165, 1.54) is 16.0 Å². The molecule has 0 bridgehead atoms. The van der Waals surface area contributed by atoms with E-state index in [1.807, 2.05) is 6.08 Å². The number of fused-ring (bicyclic) bond motifs is 2. The minimum absolute atomic E-state index is 0.106. The third-order valence-electron chi connectivity index (χ3n) is 2.57. The Morgan fingerprint density at radius 3 is 2.86 bits per heavy atom. The lowest BCUT2D eigenvalue weighted by atomic mass is 9.99. The first-order valence-corrected chi connectivity index (χ1v) is 4.74. The monoisotopic (exact) mass is 182 g/mol. The van der Waals surface area contributed by atoms with Crippen LogP contribution in [0, 0.1) is 0 Å². The summed E-state index contributed by atoms with van der Waals surface area (Å²) in [6.07, 6.45) is 10.2. The van der Waals surface area contributed by atoms with Crippen molar-refractivity contribution in [1.82, 2.24) is 0 Å². The fourth-order valence-electron chi connectivity index (χ4n) is 1.86. The summed E-state index contributed by atoms with van der Waals surface area (Å²) in [7, 11) is 0. The maximum absolute atomic E-state index is 5.50. The molecule has 0 saturated heterocycles. The van der Waals surface area contributed by atoms with Crippen LogP contribution in [-0.2, 0) is 4.74 Å². The molecule has 1 heteroatoms. The Morgan fingerprint density at radius 1 is 1.07 bits per heavy atom. The minimum atomic E-state index is 0.106. The van der Waals surface area contributed by atoms with Crippen molar-refractivity contribution in [2.45, 2.75) is 6.10 Å². The van der Waals surface area contributed by atoms with Crippen molar-refractivity contribution in [1.29, 1.82) is 0 Å². The molecule has 0 radical (unpaired) electrons. The van der Waals surface area contributed by atoms with Crippen LogP contribution in [0.5, 0.6) is 0 Å². The molecule has 0 spiro atoms. The highest BCUT2D eigenvalue weighted by Crippen LogP contribution is 2.16. The van der Waals surface area contributed by atoms with Crippen LogP contribution in [0.3, 0.4) is 0 Å². The summed E-state index contributed by atoms with van der Waals surface area (Å²) in [5, 5.41) is 2.53. The summed E-state index contributed by atoms with van der Waals surface area (Å²) in [6.45, 7) is 0. The largest absolute Gasteiger partial charge is 0.489 e. The second-order valence-electron chi connectivity index (χ2n) is 3.49. The van der Waals surface area contributed by atoms with Gasteiger partial charge in [-0.15, -0.1) is 0 Å². The van der Waals surface area contributed by atoms with Gasteiger partial charge in [-0.25, -0.2) is 0 Å². The fourth-order valence-corrected chi connectivity index (χ4v) is 1.86. The molecule has 1 aromatic rings. The molecule has 3 rings (SSSR count). The van der Waals surface area contributed by atoms with E-state index in [4.69, 9.17) is 4.74 Å². The summed E-state index contributed by atoms with van der Waals surface area (Å²) in [5.74, 6) is 0. The van der Waals surface area contributed by atoms with Gasteiger partial charge in [-0.1, -0.05) is 30.3 Å². The predicted octanol–water partition coefficient (Wildman–Crippen LogP) is 1.10. The normalized spacial score (nSPS) is 22.0. The van der Waals surface area contributed by atoms with E-state index in [9.17, 15) is 0 Å². The van der Waals surface area contributed by atoms with E-state index >= 15 is 0 Å². The molecule has 1 unspecified atom stereocenters. The van der Waals surface area contributed by atoms with Crippen molar-refractivity contribution in [3.63, 3.8) is 0 Å². The molecular weight excluding hydrogens is 172 g/mol. The summed E-state index contributed by atoms with van der Waals surface area (Å²) >= 11 is 0. The van der Waals surface area contributed by atoms with Gasteiger partial charge in [0, 0.05) is 0 Å². The molecule has 1 heterocycles. The van der Waals surface area contributed by atoms with E-state index in [0.717, 1.165) is 0 Å². The van der Waals surface area contributed by atoms with Crippen LogP contribution >= 0.6 is 0 Å². The molecule has 0 amide bonds. The average molecular weight is 182 g/mol. The molecule has 14 heavy (non-hydrogen) atoms. The van der Waals surface area contributed by atoms with Gasteiger partial charge in [0.05, 0.1) is 6.26 Å². The smallest absolute Gasteiger partial charge is 0.142 e. The Morgan fingerprint density at radius 2 is 1.93 bits per heavy atom. The summed E-state index contributed by atoms with van der Waals surface area (Å²) in [4.78, 5) is 0. The van der Waals surface area contributed by atoms with Crippen LogP contribution in [0.15, 0.2) is 48.3 Å². The standard InChI is InChI=1S/C13H10O/c1-2-5-11-9-13-12(6-3-7-14-13)8-10(11)4-1/h1-9,13H. The molecule has 68 valence electrons. The topological polar surface area (TPSA) is 9.23 Å². The average Bonchev–Trinajstić information content (AvgIpc) is 2.26. The molecule has 1 nitrogen and oxygen atoms in total. The zero-order chi connectivity index (χ0) is 9.38. The molecule has 1 atom stereocenters. The SMILES string of the molecule is C1=COC2C=c3ccccc3=CC2=C1. The molecule has 2 aliphatic rings. The van der Waals surface area contributed by atoms with Crippen LogP contribution in [0.25, 0.3) is 12.2 Å². The number of rotatable bonds is 0. The predicted molar refractivity (Wildman–Crippen MR) is 56.7 cm³/mol. The summed E-state index contributed by atoms with van der Waals surface area (Å²) in [6, 6.07) is 8.35. The van der Waals surface area contributed by atoms with Crippen LogP contribution in [-0.4, -0.2) is 6.10 Å². The third-order valence-corrected chi connectivity index (χ3v) is 2.57. The zero-order valence-corrected chi connectivity index (χ0v) is 7.68. The van der Waals surface area contributed by atoms with E-state index in [0.29, 0.717) is 0 Å². The van der Waals surface area contributed by atoms with Gasteiger partial charge in [-0.05, 0) is 34.2 Å². The molecule has 0 saturated carbocycles. The van der Waals surface area contributed by atoms with Crippen molar-refractivity contribution < 1.29 is 4.74 Å². The van der Waals surface area contributed by atoms with E-state index in [1.54, 1.807) is 6.26 Å². The third kappa shape index (κ3) is 1.10. The molecule has 1 aliphatic heterocycles. The molecule has 0 fully saturated rings.